The zero-order chi connectivity index (χ0) is 11.4. The summed E-state index contributed by atoms with van der Waals surface area (Å²) in [4.78, 5) is 4.40. The van der Waals surface area contributed by atoms with E-state index < -0.39 is 0 Å². The van der Waals surface area contributed by atoms with Crippen molar-refractivity contribution in [1.29, 1.82) is 0 Å². The van der Waals surface area contributed by atoms with E-state index >= 15 is 0 Å². The molecule has 0 spiro atoms. The number of aromatic nitrogens is 1. The fourth-order valence-electron chi connectivity index (χ4n) is 2.36. The minimum absolute atomic E-state index is 0.244. The predicted octanol–water partition coefficient (Wildman–Crippen LogP) is 2.09. The summed E-state index contributed by atoms with van der Waals surface area (Å²) in [7, 11) is 0. The van der Waals surface area contributed by atoms with E-state index in [1.54, 1.807) is 11.3 Å². The zero-order valence-corrected chi connectivity index (χ0v) is 10.8. The van der Waals surface area contributed by atoms with Crippen molar-refractivity contribution in [3.63, 3.8) is 0 Å². The van der Waals surface area contributed by atoms with Crippen LogP contribution in [0.3, 0.4) is 0 Å². The third-order valence-electron chi connectivity index (χ3n) is 3.54. The second-order valence-electron chi connectivity index (χ2n) is 4.51. The van der Waals surface area contributed by atoms with E-state index in [4.69, 9.17) is 4.74 Å². The summed E-state index contributed by atoms with van der Waals surface area (Å²) in [5.74, 6) is 0. The molecule has 1 fully saturated rings. The van der Waals surface area contributed by atoms with Crippen LogP contribution in [-0.2, 0) is 11.2 Å². The number of thiazole rings is 1. The zero-order valence-electron chi connectivity index (χ0n) is 10.0. The molecule has 0 radical (unpaired) electrons. The number of ether oxygens (including phenoxy) is 1. The van der Waals surface area contributed by atoms with Crippen LogP contribution in [0.2, 0.25) is 0 Å². The van der Waals surface area contributed by atoms with Crippen molar-refractivity contribution in [2.24, 2.45) is 5.41 Å². The summed E-state index contributed by atoms with van der Waals surface area (Å²) in [6, 6.07) is 0. The van der Waals surface area contributed by atoms with Gasteiger partial charge in [-0.2, -0.15) is 0 Å². The Bertz CT molecular complexity index is 315. The van der Waals surface area contributed by atoms with Crippen LogP contribution in [0.15, 0.2) is 11.6 Å². The monoisotopic (exact) mass is 240 g/mol. The van der Waals surface area contributed by atoms with Crippen LogP contribution in [-0.4, -0.2) is 30.8 Å². The molecule has 3 nitrogen and oxygen atoms in total. The molecule has 90 valence electrons. The molecule has 2 heterocycles. The highest BCUT2D eigenvalue weighted by Crippen LogP contribution is 2.38. The van der Waals surface area contributed by atoms with Crippen LogP contribution in [0.5, 0.6) is 0 Å². The van der Waals surface area contributed by atoms with Crippen LogP contribution in [0.25, 0.3) is 0 Å². The molecule has 0 saturated carbocycles. The molecule has 4 heteroatoms. The molecular formula is C12H20N2OS. The smallest absolute Gasteiger partial charge is 0.0931 e. The highest BCUT2D eigenvalue weighted by Gasteiger charge is 2.41. The highest BCUT2D eigenvalue weighted by atomic mass is 32.1. The van der Waals surface area contributed by atoms with E-state index in [1.165, 1.54) is 5.01 Å². The molecule has 2 rings (SSSR count). The van der Waals surface area contributed by atoms with E-state index in [-0.39, 0.29) is 5.41 Å². The summed E-state index contributed by atoms with van der Waals surface area (Å²) in [5.41, 5.74) is 0.244. The van der Waals surface area contributed by atoms with Gasteiger partial charge in [0.25, 0.3) is 0 Å². The Kier molecular flexibility index (Phi) is 3.95. The molecule has 1 aromatic rings. The van der Waals surface area contributed by atoms with E-state index in [2.05, 4.69) is 29.5 Å². The van der Waals surface area contributed by atoms with Crippen molar-refractivity contribution in [3.8, 4) is 0 Å². The molecule has 2 unspecified atom stereocenters. The number of rotatable bonds is 5. The van der Waals surface area contributed by atoms with Crippen molar-refractivity contribution in [2.45, 2.75) is 32.8 Å². The standard InChI is InChI=1S/C12H20N2OS/c1-3-13-9-12(4-6-15-10(12)2)8-11-14-5-7-16-11/h5,7,10,13H,3-4,6,8-9H2,1-2H3. The van der Waals surface area contributed by atoms with Crippen molar-refractivity contribution < 1.29 is 4.74 Å². The number of nitrogens with zero attached hydrogens (tertiary/aromatic N) is 1. The van der Waals surface area contributed by atoms with E-state index in [0.717, 1.165) is 32.5 Å². The maximum Gasteiger partial charge on any atom is 0.0931 e. The summed E-state index contributed by atoms with van der Waals surface area (Å²) in [6.45, 7) is 7.28. The van der Waals surface area contributed by atoms with Crippen molar-refractivity contribution in [2.75, 3.05) is 19.7 Å². The fourth-order valence-corrected chi connectivity index (χ4v) is 3.13. The quantitative estimate of drug-likeness (QED) is 0.855. The first-order valence-corrected chi connectivity index (χ1v) is 6.85. The highest BCUT2D eigenvalue weighted by molar-refractivity contribution is 7.09. The molecule has 0 aromatic carbocycles. The van der Waals surface area contributed by atoms with Crippen LogP contribution in [0.4, 0.5) is 0 Å². The van der Waals surface area contributed by atoms with Crippen molar-refractivity contribution in [1.82, 2.24) is 10.3 Å². The molecule has 1 aromatic heterocycles. The lowest BCUT2D eigenvalue weighted by molar-refractivity contribution is 0.0632. The molecule has 2 atom stereocenters. The molecule has 1 N–H and O–H groups in total. The lowest BCUT2D eigenvalue weighted by Crippen LogP contribution is -2.41. The van der Waals surface area contributed by atoms with Crippen molar-refractivity contribution >= 4 is 11.3 Å². The predicted molar refractivity (Wildman–Crippen MR) is 66.8 cm³/mol. The average molecular weight is 240 g/mol. The first-order chi connectivity index (χ1) is 7.77. The Balaban J connectivity index is 2.08. The molecule has 1 aliphatic heterocycles. The second kappa shape index (κ2) is 5.25. The molecule has 1 saturated heterocycles. The minimum atomic E-state index is 0.244. The Morgan fingerprint density at radius 3 is 3.12 bits per heavy atom. The van der Waals surface area contributed by atoms with Gasteiger partial charge in [-0.15, -0.1) is 11.3 Å². The van der Waals surface area contributed by atoms with Crippen LogP contribution >= 0.6 is 11.3 Å². The van der Waals surface area contributed by atoms with E-state index in [0.29, 0.717) is 6.10 Å². The summed E-state index contributed by atoms with van der Waals surface area (Å²) in [6.07, 6.45) is 4.40. The van der Waals surface area contributed by atoms with Gasteiger partial charge in [0.15, 0.2) is 0 Å². The first-order valence-electron chi connectivity index (χ1n) is 5.97. The number of nitrogens with one attached hydrogen (secondary N) is 1. The Morgan fingerprint density at radius 1 is 1.69 bits per heavy atom. The minimum Gasteiger partial charge on any atom is -0.378 e. The van der Waals surface area contributed by atoms with Crippen LogP contribution < -0.4 is 5.32 Å². The van der Waals surface area contributed by atoms with Gasteiger partial charge in [-0.25, -0.2) is 4.98 Å². The van der Waals surface area contributed by atoms with E-state index in [1.807, 2.05) is 6.20 Å². The summed E-state index contributed by atoms with van der Waals surface area (Å²) in [5, 5.41) is 6.75. The van der Waals surface area contributed by atoms with Gasteiger partial charge in [0, 0.05) is 36.6 Å². The van der Waals surface area contributed by atoms with Gasteiger partial charge < -0.3 is 10.1 Å². The number of hydrogen-bond donors (Lipinski definition) is 1. The molecule has 0 bridgehead atoms. The van der Waals surface area contributed by atoms with Gasteiger partial charge in [0.05, 0.1) is 11.1 Å². The molecule has 1 aliphatic rings. The fraction of sp³-hybridized carbons (Fsp3) is 0.750. The molecule has 16 heavy (non-hydrogen) atoms. The lowest BCUT2D eigenvalue weighted by Gasteiger charge is -2.31. The van der Waals surface area contributed by atoms with Crippen LogP contribution in [0.1, 0.15) is 25.3 Å². The number of hydrogen-bond acceptors (Lipinski definition) is 4. The SMILES string of the molecule is CCNCC1(Cc2nccs2)CCOC1C. The van der Waals surface area contributed by atoms with Crippen LogP contribution in [0, 0.1) is 5.41 Å². The largest absolute Gasteiger partial charge is 0.378 e. The topological polar surface area (TPSA) is 34.2 Å². The normalized spacial score (nSPS) is 29.8. The third-order valence-corrected chi connectivity index (χ3v) is 4.32. The van der Waals surface area contributed by atoms with Gasteiger partial charge >= 0.3 is 0 Å². The summed E-state index contributed by atoms with van der Waals surface area (Å²) >= 11 is 1.75. The van der Waals surface area contributed by atoms with Crippen molar-refractivity contribution in [3.05, 3.63) is 16.6 Å². The van der Waals surface area contributed by atoms with Gasteiger partial charge in [0.1, 0.15) is 0 Å². The van der Waals surface area contributed by atoms with Gasteiger partial charge in [-0.1, -0.05) is 6.92 Å². The first kappa shape index (κ1) is 12.0. The van der Waals surface area contributed by atoms with E-state index in [9.17, 15) is 0 Å². The maximum atomic E-state index is 5.75. The Morgan fingerprint density at radius 2 is 2.56 bits per heavy atom. The summed E-state index contributed by atoms with van der Waals surface area (Å²) < 4.78 is 5.75. The van der Waals surface area contributed by atoms with Gasteiger partial charge in [-0.05, 0) is 19.9 Å². The average Bonchev–Trinajstić information content (AvgIpc) is 2.88. The molecular weight excluding hydrogens is 220 g/mol. The van der Waals surface area contributed by atoms with Gasteiger partial charge in [-0.3, -0.25) is 0 Å². The molecule has 0 amide bonds. The lowest BCUT2D eigenvalue weighted by atomic mass is 9.78. The Labute approximate surface area is 101 Å². The Hall–Kier alpha value is -0.450. The van der Waals surface area contributed by atoms with Gasteiger partial charge in [0.2, 0.25) is 0 Å². The third kappa shape index (κ3) is 2.44. The molecule has 0 aliphatic carbocycles. The second-order valence-corrected chi connectivity index (χ2v) is 5.49. The maximum absolute atomic E-state index is 5.75.